The Morgan fingerprint density at radius 1 is 0.551 bits per heavy atom. The molecule has 0 aromatic heterocycles. The third-order valence-electron chi connectivity index (χ3n) is 17.1. The summed E-state index contributed by atoms with van der Waals surface area (Å²) in [4.78, 5) is 115. The van der Waals surface area contributed by atoms with Gasteiger partial charge in [-0.05, 0) is 122 Å². The first kappa shape index (κ1) is 56.7. The molecule has 1 unspecified atom stereocenters. The van der Waals surface area contributed by atoms with Gasteiger partial charge in [0.15, 0.2) is 0 Å². The number of likely N-dealkylation sites (N-methyl/N-ethyl adjacent to an activating group) is 2. The van der Waals surface area contributed by atoms with Crippen LogP contribution in [-0.2, 0) is 64.3 Å². The molecule has 0 saturated carbocycles. The number of fused-ring (bicyclic) bond motifs is 4. The van der Waals surface area contributed by atoms with E-state index in [0.717, 1.165) is 33.4 Å². The van der Waals surface area contributed by atoms with Crippen molar-refractivity contribution in [3.05, 3.63) is 106 Å². The first-order valence-electron chi connectivity index (χ1n) is 27.4. The topological polar surface area (TPSA) is 239 Å². The molecule has 0 spiro atoms. The van der Waals surface area contributed by atoms with Gasteiger partial charge in [0.1, 0.15) is 24.2 Å². The Labute approximate surface area is 466 Å². The Kier molecular flexibility index (Phi) is 17.0. The average molecular weight is 1110 g/mol. The second kappa shape index (κ2) is 23.4. The van der Waals surface area contributed by atoms with Crippen LogP contribution in [-0.4, -0.2) is 130 Å². The Bertz CT molecular complexity index is 2630. The molecule has 20 heteroatoms. The van der Waals surface area contributed by atoms with E-state index in [-0.39, 0.29) is 71.1 Å². The standard InChI is InChI=1S/C58H76N10O8S2/c1-31(59-7)49(69)63-41-21-23-77-43-27-57(3,4)47(67(43)55(41)75)53(73)65-45-37-15-11-9-13-35(37)25-39(45)51(71)61-29-33-17-19-34(20-18-33)30-62-52(72)40-26-36-14-10-12-16-38(36)46(40)66-54(74)48-58(5,6)28-44-68(48)56(76)42(22-24-78-44)64-50(70)32(2)60-8/h9-20,31-32,39-48,59-60H,21-30H2,1-8H3,(H,61,71)(H,62,72)(H,63,69)(H,64,70)(H,65,73)(H,66,74)/t31-,32-,39+,40?,41-,42-,43-,44-,45-,46-,47+,48+/m0/s1. The molecule has 0 radical (unpaired) electrons. The average Bonchev–Trinajstić information content (AvgIpc) is 4.19. The number of nitrogens with zero attached hydrogens (tertiary/aromatic N) is 2. The van der Waals surface area contributed by atoms with E-state index in [4.69, 9.17) is 0 Å². The maximum absolute atomic E-state index is 14.7. The van der Waals surface area contributed by atoms with Gasteiger partial charge in [-0.15, -0.1) is 23.5 Å². The highest BCUT2D eigenvalue weighted by molar-refractivity contribution is 8.00. The number of amides is 8. The van der Waals surface area contributed by atoms with Gasteiger partial charge in [-0.25, -0.2) is 0 Å². The van der Waals surface area contributed by atoms with Crippen molar-refractivity contribution in [2.75, 3.05) is 25.6 Å². The molecule has 3 aromatic carbocycles. The SMILES string of the molecule is CN[C@@H](C)C(=O)N[C@H]1CCS[C@H]2CC(C)(C)[C@@H](C(=O)N[C@H]3c4ccccc4CC3C(=O)NCc3ccc(CNC(=O)[C@@H]4Cc5ccccc5[C@@H]4NC(=O)[C@H]4N5C(=O)[C@@H](NC(=O)[C@H](C)NC)CCS[C@H]5CC4(C)C)cc3)N2C1=O. The van der Waals surface area contributed by atoms with Crippen LogP contribution >= 0.6 is 23.5 Å². The molecule has 4 fully saturated rings. The van der Waals surface area contributed by atoms with Crippen molar-refractivity contribution < 1.29 is 38.4 Å². The summed E-state index contributed by atoms with van der Waals surface area (Å²) < 4.78 is 0. The van der Waals surface area contributed by atoms with Crippen LogP contribution in [0.3, 0.4) is 0 Å². The van der Waals surface area contributed by atoms with Crippen molar-refractivity contribution in [1.82, 2.24) is 52.3 Å². The molecule has 2 aliphatic carbocycles. The van der Waals surface area contributed by atoms with Crippen LogP contribution in [0.4, 0.5) is 0 Å². The van der Waals surface area contributed by atoms with E-state index in [1.807, 2.05) is 100 Å². The largest absolute Gasteiger partial charge is 0.352 e. The molecule has 4 aliphatic heterocycles. The second-order valence-electron chi connectivity index (χ2n) is 23.3. The van der Waals surface area contributed by atoms with Crippen LogP contribution in [0, 0.1) is 22.7 Å². The zero-order valence-corrected chi connectivity index (χ0v) is 47.5. The summed E-state index contributed by atoms with van der Waals surface area (Å²) in [6.45, 7) is 11.9. The second-order valence-corrected chi connectivity index (χ2v) is 25.9. The van der Waals surface area contributed by atoms with Gasteiger partial charge in [-0.3, -0.25) is 38.4 Å². The Hall–Kier alpha value is -5.96. The highest BCUT2D eigenvalue weighted by atomic mass is 32.2. The highest BCUT2D eigenvalue weighted by Gasteiger charge is 2.57. The minimum atomic E-state index is -0.822. The van der Waals surface area contributed by atoms with Crippen molar-refractivity contribution >= 4 is 70.8 Å². The van der Waals surface area contributed by atoms with Gasteiger partial charge in [-0.1, -0.05) is 100 Å². The summed E-state index contributed by atoms with van der Waals surface area (Å²) in [6, 6.07) is 17.6. The van der Waals surface area contributed by atoms with Gasteiger partial charge in [0.2, 0.25) is 47.3 Å². The normalized spacial score (nSPS) is 28.4. The molecule has 418 valence electrons. The Morgan fingerprint density at radius 3 is 1.29 bits per heavy atom. The molecule has 4 heterocycles. The van der Waals surface area contributed by atoms with Crippen molar-refractivity contribution in [3.8, 4) is 0 Å². The predicted octanol–water partition coefficient (Wildman–Crippen LogP) is 3.34. The van der Waals surface area contributed by atoms with Crippen LogP contribution in [0.5, 0.6) is 0 Å². The third kappa shape index (κ3) is 11.5. The van der Waals surface area contributed by atoms with Gasteiger partial charge in [0.25, 0.3) is 0 Å². The number of rotatable bonds is 16. The number of nitrogens with one attached hydrogen (secondary N) is 8. The maximum Gasteiger partial charge on any atom is 0.246 e. The van der Waals surface area contributed by atoms with E-state index < -0.39 is 71.0 Å². The van der Waals surface area contributed by atoms with Crippen molar-refractivity contribution in [3.63, 3.8) is 0 Å². The quantitative estimate of drug-likeness (QED) is 0.103. The van der Waals surface area contributed by atoms with E-state index in [1.165, 1.54) is 0 Å². The molecule has 6 aliphatic rings. The van der Waals surface area contributed by atoms with E-state index in [2.05, 4.69) is 42.5 Å². The van der Waals surface area contributed by atoms with Crippen LogP contribution in [0.2, 0.25) is 0 Å². The first-order valence-corrected chi connectivity index (χ1v) is 29.5. The summed E-state index contributed by atoms with van der Waals surface area (Å²) in [7, 11) is 3.37. The van der Waals surface area contributed by atoms with Gasteiger partial charge in [-0.2, -0.15) is 0 Å². The minimum absolute atomic E-state index is 0.223. The summed E-state index contributed by atoms with van der Waals surface area (Å²) in [5.41, 5.74) is 4.16. The lowest BCUT2D eigenvalue weighted by Crippen LogP contribution is -2.58. The third-order valence-corrected chi connectivity index (χ3v) is 19.6. The molecule has 0 bridgehead atoms. The number of thioether (sulfide) groups is 2. The number of carbonyl (C=O) groups is 8. The van der Waals surface area contributed by atoms with Crippen molar-refractivity contribution in [2.24, 2.45) is 22.7 Å². The molecule has 3 aromatic rings. The van der Waals surface area contributed by atoms with Gasteiger partial charge < -0.3 is 52.3 Å². The molecule has 78 heavy (non-hydrogen) atoms. The molecular formula is C58H76N10O8S2. The van der Waals surface area contributed by atoms with Gasteiger partial charge >= 0.3 is 0 Å². The van der Waals surface area contributed by atoms with E-state index >= 15 is 0 Å². The molecular weight excluding hydrogens is 1030 g/mol. The Morgan fingerprint density at radius 2 is 0.923 bits per heavy atom. The summed E-state index contributed by atoms with van der Waals surface area (Å²) in [6.07, 6.45) is 2.96. The Balaban J connectivity index is 0.823. The molecule has 18 nitrogen and oxygen atoms in total. The lowest BCUT2D eigenvalue weighted by molar-refractivity contribution is -0.144. The highest BCUT2D eigenvalue weighted by Crippen LogP contribution is 2.49. The zero-order chi connectivity index (χ0) is 55.8. The van der Waals surface area contributed by atoms with E-state index in [9.17, 15) is 38.4 Å². The van der Waals surface area contributed by atoms with Crippen molar-refractivity contribution in [1.29, 1.82) is 0 Å². The molecule has 8 amide bonds. The summed E-state index contributed by atoms with van der Waals surface area (Å²) in [5, 5.41) is 23.9. The predicted molar refractivity (Wildman–Crippen MR) is 300 cm³/mol. The van der Waals surface area contributed by atoms with Gasteiger partial charge in [0.05, 0.1) is 46.8 Å². The molecule has 4 saturated heterocycles. The van der Waals surface area contributed by atoms with Crippen LogP contribution < -0.4 is 42.5 Å². The molecule has 8 N–H and O–H groups in total. The summed E-state index contributed by atoms with van der Waals surface area (Å²) in [5.74, 6) is -2.14. The van der Waals surface area contributed by atoms with E-state index in [0.29, 0.717) is 50.0 Å². The lowest BCUT2D eigenvalue weighted by Gasteiger charge is -2.35. The lowest BCUT2D eigenvalue weighted by atomic mass is 9.83. The summed E-state index contributed by atoms with van der Waals surface area (Å²) >= 11 is 3.26. The fourth-order valence-electron chi connectivity index (χ4n) is 12.5. The maximum atomic E-state index is 14.7. The van der Waals surface area contributed by atoms with Crippen LogP contribution in [0.25, 0.3) is 0 Å². The molecule has 12 atom stereocenters. The van der Waals surface area contributed by atoms with E-state index in [1.54, 1.807) is 61.3 Å². The fraction of sp³-hybridized carbons (Fsp3) is 0.552. The number of benzene rings is 3. The zero-order valence-electron chi connectivity index (χ0n) is 45.9. The van der Waals surface area contributed by atoms with Crippen LogP contribution in [0.1, 0.15) is 113 Å². The number of hydrogen-bond acceptors (Lipinski definition) is 12. The van der Waals surface area contributed by atoms with Crippen LogP contribution in [0.15, 0.2) is 72.8 Å². The number of hydrogen-bond donors (Lipinski definition) is 8. The fourth-order valence-corrected chi connectivity index (χ4v) is 15.6. The molecule has 9 rings (SSSR count). The van der Waals surface area contributed by atoms with Gasteiger partial charge in [0, 0.05) is 13.1 Å². The monoisotopic (exact) mass is 1100 g/mol. The first-order chi connectivity index (χ1) is 37.2. The van der Waals surface area contributed by atoms with Crippen molar-refractivity contribution in [2.45, 2.75) is 152 Å². The number of carbonyl (C=O) groups excluding carboxylic acids is 8. The minimum Gasteiger partial charge on any atom is -0.352 e. The smallest absolute Gasteiger partial charge is 0.246 e.